The number of nitrogens with one attached hydrogen (secondary N) is 2. The highest BCUT2D eigenvalue weighted by Gasteiger charge is 2.25. The molecule has 0 aliphatic carbocycles. The average Bonchev–Trinajstić information content (AvgIpc) is 2.74. The molecule has 2 amide bonds. The summed E-state index contributed by atoms with van der Waals surface area (Å²) < 4.78 is 18.6. The fraction of sp³-hybridized carbons (Fsp3) is 0.136. The average molecular weight is 425 g/mol. The number of halogens is 1. The van der Waals surface area contributed by atoms with Gasteiger partial charge in [0.25, 0.3) is 5.91 Å². The SMILES string of the molecule is CC(O)[C@H](NC(=O)O)C(=O)Nc1cccc(-c2ccc(Oc3ccc(F)cc3)cc2)n1. The second-order valence-corrected chi connectivity index (χ2v) is 6.65. The van der Waals surface area contributed by atoms with E-state index in [9.17, 15) is 19.1 Å². The zero-order valence-electron chi connectivity index (χ0n) is 16.4. The Labute approximate surface area is 177 Å². The summed E-state index contributed by atoms with van der Waals surface area (Å²) in [7, 11) is 0. The van der Waals surface area contributed by atoms with Gasteiger partial charge in [0.05, 0.1) is 11.8 Å². The summed E-state index contributed by atoms with van der Waals surface area (Å²) >= 11 is 0. The first-order valence-corrected chi connectivity index (χ1v) is 9.31. The van der Waals surface area contributed by atoms with Crippen LogP contribution in [0.15, 0.2) is 66.7 Å². The van der Waals surface area contributed by atoms with Crippen LogP contribution in [0.5, 0.6) is 11.5 Å². The lowest BCUT2D eigenvalue weighted by atomic mass is 10.1. The Balaban J connectivity index is 1.71. The van der Waals surface area contributed by atoms with E-state index in [0.717, 1.165) is 5.56 Å². The summed E-state index contributed by atoms with van der Waals surface area (Å²) in [5.74, 6) is 0.176. The lowest BCUT2D eigenvalue weighted by molar-refractivity contribution is -0.120. The maximum Gasteiger partial charge on any atom is 0.405 e. The molecule has 0 fully saturated rings. The van der Waals surface area contributed by atoms with Gasteiger partial charge in [0, 0.05) is 5.56 Å². The molecule has 0 saturated heterocycles. The first-order chi connectivity index (χ1) is 14.8. The van der Waals surface area contributed by atoms with Gasteiger partial charge in [0.15, 0.2) is 0 Å². The molecule has 4 N–H and O–H groups in total. The van der Waals surface area contributed by atoms with Gasteiger partial charge < -0.3 is 25.6 Å². The van der Waals surface area contributed by atoms with Crippen molar-refractivity contribution in [2.24, 2.45) is 0 Å². The predicted molar refractivity (Wildman–Crippen MR) is 111 cm³/mol. The fourth-order valence-electron chi connectivity index (χ4n) is 2.74. The third kappa shape index (κ3) is 6.00. The highest BCUT2D eigenvalue weighted by atomic mass is 19.1. The predicted octanol–water partition coefficient (Wildman–Crippen LogP) is 3.64. The molecule has 0 radical (unpaired) electrons. The molecular weight excluding hydrogens is 405 g/mol. The molecule has 3 aromatic rings. The molecule has 1 aromatic heterocycles. The van der Waals surface area contributed by atoms with Crippen molar-refractivity contribution < 1.29 is 28.9 Å². The van der Waals surface area contributed by atoms with Crippen LogP contribution in [0, 0.1) is 5.82 Å². The first kappa shape index (κ1) is 21.7. The zero-order valence-corrected chi connectivity index (χ0v) is 16.4. The number of aromatic nitrogens is 1. The fourth-order valence-corrected chi connectivity index (χ4v) is 2.74. The van der Waals surface area contributed by atoms with Gasteiger partial charge in [0.2, 0.25) is 0 Å². The van der Waals surface area contributed by atoms with Gasteiger partial charge in [-0.05, 0) is 67.6 Å². The Bertz CT molecular complexity index is 1060. The Morgan fingerprint density at radius 3 is 2.19 bits per heavy atom. The third-order valence-electron chi connectivity index (χ3n) is 4.24. The summed E-state index contributed by atoms with van der Waals surface area (Å²) in [5, 5.41) is 22.9. The Morgan fingerprint density at radius 1 is 1.00 bits per heavy atom. The van der Waals surface area contributed by atoms with Crippen molar-refractivity contribution >= 4 is 17.8 Å². The van der Waals surface area contributed by atoms with E-state index in [2.05, 4.69) is 10.3 Å². The van der Waals surface area contributed by atoms with Gasteiger partial charge >= 0.3 is 6.09 Å². The second kappa shape index (κ2) is 9.68. The number of carbonyl (C=O) groups is 2. The molecular formula is C22H20FN3O5. The molecule has 1 heterocycles. The van der Waals surface area contributed by atoms with E-state index < -0.39 is 24.1 Å². The number of carbonyl (C=O) groups excluding carboxylic acids is 1. The maximum absolute atomic E-state index is 13.0. The van der Waals surface area contributed by atoms with Crippen molar-refractivity contribution in [1.29, 1.82) is 0 Å². The molecule has 0 bridgehead atoms. The number of amides is 2. The molecule has 2 aromatic carbocycles. The smallest absolute Gasteiger partial charge is 0.405 e. The minimum absolute atomic E-state index is 0.201. The van der Waals surface area contributed by atoms with Crippen molar-refractivity contribution in [3.8, 4) is 22.8 Å². The molecule has 0 saturated carbocycles. The van der Waals surface area contributed by atoms with Gasteiger partial charge in [-0.2, -0.15) is 0 Å². The van der Waals surface area contributed by atoms with E-state index in [1.54, 1.807) is 42.5 Å². The lowest BCUT2D eigenvalue weighted by Gasteiger charge is -2.19. The molecule has 160 valence electrons. The number of hydrogen-bond donors (Lipinski definition) is 4. The minimum atomic E-state index is -1.43. The second-order valence-electron chi connectivity index (χ2n) is 6.65. The van der Waals surface area contributed by atoms with Crippen LogP contribution in [0.4, 0.5) is 15.0 Å². The van der Waals surface area contributed by atoms with Crippen LogP contribution < -0.4 is 15.4 Å². The molecule has 31 heavy (non-hydrogen) atoms. The van der Waals surface area contributed by atoms with E-state index in [0.29, 0.717) is 17.2 Å². The summed E-state index contributed by atoms with van der Waals surface area (Å²) in [4.78, 5) is 27.5. The number of anilines is 1. The summed E-state index contributed by atoms with van der Waals surface area (Å²) in [6.45, 7) is 1.31. The molecule has 0 spiro atoms. The van der Waals surface area contributed by atoms with E-state index in [1.807, 2.05) is 5.32 Å². The van der Waals surface area contributed by atoms with Crippen LogP contribution in [-0.2, 0) is 4.79 Å². The summed E-state index contributed by atoms with van der Waals surface area (Å²) in [6.07, 6.45) is -2.65. The van der Waals surface area contributed by atoms with E-state index in [4.69, 9.17) is 9.84 Å². The quantitative estimate of drug-likeness (QED) is 0.459. The number of benzene rings is 2. The van der Waals surface area contributed by atoms with Gasteiger partial charge in [-0.3, -0.25) is 4.79 Å². The van der Waals surface area contributed by atoms with E-state index in [-0.39, 0.29) is 11.6 Å². The van der Waals surface area contributed by atoms with Gasteiger partial charge in [-0.25, -0.2) is 14.2 Å². The Kier molecular flexibility index (Phi) is 6.78. The van der Waals surface area contributed by atoms with Crippen molar-refractivity contribution in [2.75, 3.05) is 5.32 Å². The van der Waals surface area contributed by atoms with Crippen LogP contribution in [0.25, 0.3) is 11.3 Å². The van der Waals surface area contributed by atoms with Crippen LogP contribution in [0.3, 0.4) is 0 Å². The molecule has 2 atom stereocenters. The van der Waals surface area contributed by atoms with E-state index >= 15 is 0 Å². The lowest BCUT2D eigenvalue weighted by Crippen LogP contribution is -2.49. The number of nitrogens with zero attached hydrogens (tertiary/aromatic N) is 1. The van der Waals surface area contributed by atoms with Crippen LogP contribution >= 0.6 is 0 Å². The molecule has 3 rings (SSSR count). The number of rotatable bonds is 7. The monoisotopic (exact) mass is 425 g/mol. The Hall–Kier alpha value is -3.98. The Morgan fingerprint density at radius 2 is 1.61 bits per heavy atom. The molecule has 0 aliphatic heterocycles. The van der Waals surface area contributed by atoms with Crippen molar-refractivity contribution in [1.82, 2.24) is 10.3 Å². The van der Waals surface area contributed by atoms with Gasteiger partial charge in [-0.15, -0.1) is 0 Å². The van der Waals surface area contributed by atoms with Gasteiger partial charge in [0.1, 0.15) is 29.2 Å². The maximum atomic E-state index is 13.0. The minimum Gasteiger partial charge on any atom is -0.465 e. The summed E-state index contributed by atoms with van der Waals surface area (Å²) in [6, 6.07) is 16.3. The highest BCUT2D eigenvalue weighted by Crippen LogP contribution is 2.25. The number of aliphatic hydroxyl groups excluding tert-OH is 1. The number of pyridine rings is 1. The highest BCUT2D eigenvalue weighted by molar-refractivity contribution is 5.96. The largest absolute Gasteiger partial charge is 0.465 e. The van der Waals surface area contributed by atoms with Crippen molar-refractivity contribution in [3.05, 3.63) is 72.5 Å². The third-order valence-corrected chi connectivity index (χ3v) is 4.24. The van der Waals surface area contributed by atoms with E-state index in [1.165, 1.54) is 31.2 Å². The molecule has 0 aliphatic rings. The molecule has 1 unspecified atom stereocenters. The normalized spacial score (nSPS) is 12.5. The molecule has 9 heteroatoms. The standard InChI is InChI=1S/C22H20FN3O5/c1-13(27)20(26-22(29)30)21(28)25-19-4-2-3-18(24-19)14-5-9-16(10-6-14)31-17-11-7-15(23)8-12-17/h2-13,20,26-27H,1H3,(H,29,30)(H,24,25,28)/t13?,20-/m0/s1. The number of hydrogen-bond acceptors (Lipinski definition) is 5. The van der Waals surface area contributed by atoms with Crippen LogP contribution in [-0.4, -0.2) is 39.3 Å². The van der Waals surface area contributed by atoms with Crippen molar-refractivity contribution in [3.63, 3.8) is 0 Å². The summed E-state index contributed by atoms with van der Waals surface area (Å²) in [5.41, 5.74) is 1.31. The van der Waals surface area contributed by atoms with Crippen LogP contribution in [0.2, 0.25) is 0 Å². The topological polar surface area (TPSA) is 121 Å². The number of ether oxygens (including phenoxy) is 1. The zero-order chi connectivity index (χ0) is 22.4. The number of aliphatic hydroxyl groups is 1. The number of carboxylic acid groups (broad SMARTS) is 1. The first-order valence-electron chi connectivity index (χ1n) is 9.31. The molecule has 8 nitrogen and oxygen atoms in total. The van der Waals surface area contributed by atoms with Gasteiger partial charge in [-0.1, -0.05) is 6.07 Å². The van der Waals surface area contributed by atoms with Crippen LogP contribution in [0.1, 0.15) is 6.92 Å². The van der Waals surface area contributed by atoms with Crippen molar-refractivity contribution in [2.45, 2.75) is 19.1 Å².